The second kappa shape index (κ2) is 5.25. The van der Waals surface area contributed by atoms with Gasteiger partial charge in [-0.3, -0.25) is 4.90 Å². The molecule has 3 heterocycles. The molecule has 1 N–H and O–H groups in total. The minimum absolute atomic E-state index is 0.0151. The Morgan fingerprint density at radius 3 is 2.18 bits per heavy atom. The largest absolute Gasteiger partial charge is 0.393 e. The molecule has 0 aromatic carbocycles. The predicted octanol–water partition coefficient (Wildman–Crippen LogP) is 1.46. The molecule has 3 rings (SSSR count). The van der Waals surface area contributed by atoms with Gasteiger partial charge in [0.2, 0.25) is 0 Å². The van der Waals surface area contributed by atoms with Crippen molar-refractivity contribution < 1.29 is 5.11 Å². The van der Waals surface area contributed by atoms with Gasteiger partial charge in [0.25, 0.3) is 0 Å². The lowest BCUT2D eigenvalue weighted by molar-refractivity contribution is 0.0291. The summed E-state index contributed by atoms with van der Waals surface area (Å²) in [5, 5.41) is 9.79. The number of aliphatic hydroxyl groups excluding tert-OH is 1. The molecule has 3 saturated heterocycles. The fourth-order valence-electron chi connectivity index (χ4n) is 4.05. The second-order valence-electron chi connectivity index (χ2n) is 6.15. The van der Waals surface area contributed by atoms with Gasteiger partial charge in [-0.2, -0.15) is 0 Å². The van der Waals surface area contributed by atoms with E-state index in [0.29, 0.717) is 12.1 Å². The summed E-state index contributed by atoms with van der Waals surface area (Å²) in [4.78, 5) is 5.33. The van der Waals surface area contributed by atoms with E-state index in [0.717, 1.165) is 12.8 Å². The SMILES string of the molecule is OC1CC2CCC(C1)N2CCN1CCCCC1. The molecule has 3 aliphatic rings. The molecule has 0 radical (unpaired) electrons. The fourth-order valence-corrected chi connectivity index (χ4v) is 4.05. The molecular formula is C14H26N2O. The molecule has 3 fully saturated rings. The lowest BCUT2D eigenvalue weighted by Gasteiger charge is -2.38. The third-order valence-corrected chi connectivity index (χ3v) is 4.98. The van der Waals surface area contributed by atoms with Gasteiger partial charge in [-0.05, 0) is 51.6 Å². The van der Waals surface area contributed by atoms with Crippen LogP contribution in [0.15, 0.2) is 0 Å². The summed E-state index contributed by atoms with van der Waals surface area (Å²) in [6.45, 7) is 5.11. The van der Waals surface area contributed by atoms with Crippen LogP contribution in [0.5, 0.6) is 0 Å². The molecule has 17 heavy (non-hydrogen) atoms. The summed E-state index contributed by atoms with van der Waals surface area (Å²) in [5.41, 5.74) is 0. The Bertz CT molecular complexity index is 239. The molecule has 3 nitrogen and oxygen atoms in total. The van der Waals surface area contributed by atoms with E-state index in [9.17, 15) is 5.11 Å². The van der Waals surface area contributed by atoms with Gasteiger partial charge >= 0.3 is 0 Å². The summed E-state index contributed by atoms with van der Waals surface area (Å²) in [5.74, 6) is 0. The van der Waals surface area contributed by atoms with Gasteiger partial charge in [0.05, 0.1) is 6.10 Å². The van der Waals surface area contributed by atoms with Crippen LogP contribution in [0.25, 0.3) is 0 Å². The molecule has 3 aliphatic heterocycles. The normalized spacial score (nSPS) is 39.7. The van der Waals surface area contributed by atoms with Crippen molar-refractivity contribution >= 4 is 0 Å². The highest BCUT2D eigenvalue weighted by molar-refractivity contribution is 4.95. The smallest absolute Gasteiger partial charge is 0.0570 e. The van der Waals surface area contributed by atoms with Crippen molar-refractivity contribution in [3.63, 3.8) is 0 Å². The molecule has 2 unspecified atom stereocenters. The Morgan fingerprint density at radius 1 is 0.882 bits per heavy atom. The zero-order chi connectivity index (χ0) is 11.7. The second-order valence-corrected chi connectivity index (χ2v) is 6.15. The average Bonchev–Trinajstić information content (AvgIpc) is 2.59. The van der Waals surface area contributed by atoms with Crippen LogP contribution < -0.4 is 0 Å². The van der Waals surface area contributed by atoms with Crippen LogP contribution in [0.4, 0.5) is 0 Å². The van der Waals surface area contributed by atoms with Crippen LogP contribution in [0.3, 0.4) is 0 Å². The highest BCUT2D eigenvalue weighted by atomic mass is 16.3. The van der Waals surface area contributed by atoms with E-state index in [1.165, 1.54) is 58.3 Å². The van der Waals surface area contributed by atoms with Gasteiger partial charge in [0.1, 0.15) is 0 Å². The average molecular weight is 238 g/mol. The van der Waals surface area contributed by atoms with E-state index in [1.807, 2.05) is 0 Å². The predicted molar refractivity (Wildman–Crippen MR) is 69.0 cm³/mol. The third kappa shape index (κ3) is 2.67. The van der Waals surface area contributed by atoms with Crippen molar-refractivity contribution in [3.8, 4) is 0 Å². The van der Waals surface area contributed by atoms with Crippen molar-refractivity contribution in [2.45, 2.75) is 63.1 Å². The van der Waals surface area contributed by atoms with Crippen LogP contribution in [-0.4, -0.2) is 59.3 Å². The zero-order valence-electron chi connectivity index (χ0n) is 10.9. The molecule has 3 heteroatoms. The van der Waals surface area contributed by atoms with Crippen LogP contribution in [0, 0.1) is 0 Å². The highest BCUT2D eigenvalue weighted by Crippen LogP contribution is 2.35. The number of hydrogen-bond donors (Lipinski definition) is 1. The number of likely N-dealkylation sites (tertiary alicyclic amines) is 1. The lowest BCUT2D eigenvalue weighted by Crippen LogP contribution is -2.48. The topological polar surface area (TPSA) is 26.7 Å². The van der Waals surface area contributed by atoms with E-state index >= 15 is 0 Å². The van der Waals surface area contributed by atoms with Crippen LogP contribution >= 0.6 is 0 Å². The monoisotopic (exact) mass is 238 g/mol. The van der Waals surface area contributed by atoms with Crippen molar-refractivity contribution in [1.82, 2.24) is 9.80 Å². The minimum Gasteiger partial charge on any atom is -0.393 e. The van der Waals surface area contributed by atoms with Gasteiger partial charge in [-0.15, -0.1) is 0 Å². The van der Waals surface area contributed by atoms with Gasteiger partial charge < -0.3 is 10.0 Å². The Balaban J connectivity index is 1.48. The van der Waals surface area contributed by atoms with Crippen molar-refractivity contribution in [2.75, 3.05) is 26.2 Å². The molecule has 0 aliphatic carbocycles. The lowest BCUT2D eigenvalue weighted by atomic mass is 10.00. The maximum atomic E-state index is 9.79. The van der Waals surface area contributed by atoms with E-state index < -0.39 is 0 Å². The van der Waals surface area contributed by atoms with Gasteiger partial charge in [0.15, 0.2) is 0 Å². The molecule has 0 amide bonds. The first-order chi connectivity index (χ1) is 8.33. The molecule has 2 bridgehead atoms. The van der Waals surface area contributed by atoms with E-state index in [1.54, 1.807) is 0 Å². The Labute approximate surface area is 105 Å². The zero-order valence-corrected chi connectivity index (χ0v) is 10.9. The Kier molecular flexibility index (Phi) is 3.69. The molecular weight excluding hydrogens is 212 g/mol. The number of hydrogen-bond acceptors (Lipinski definition) is 3. The van der Waals surface area contributed by atoms with Crippen LogP contribution in [0.1, 0.15) is 44.9 Å². The van der Waals surface area contributed by atoms with E-state index in [2.05, 4.69) is 9.80 Å². The number of aliphatic hydroxyl groups is 1. The standard InChI is InChI=1S/C14H26N2O/c17-14-10-12-4-5-13(11-14)16(12)9-8-15-6-2-1-3-7-15/h12-14,17H,1-11H2. The van der Waals surface area contributed by atoms with E-state index in [4.69, 9.17) is 0 Å². The summed E-state index contributed by atoms with van der Waals surface area (Å²) >= 11 is 0. The molecule has 0 spiro atoms. The molecule has 0 saturated carbocycles. The molecule has 0 aromatic rings. The first-order valence-corrected chi connectivity index (χ1v) is 7.49. The summed E-state index contributed by atoms with van der Waals surface area (Å²) in [6, 6.07) is 1.38. The molecule has 2 atom stereocenters. The van der Waals surface area contributed by atoms with Gasteiger partial charge in [-0.1, -0.05) is 6.42 Å². The maximum absolute atomic E-state index is 9.79. The molecule has 0 aromatic heterocycles. The number of fused-ring (bicyclic) bond motifs is 2. The highest BCUT2D eigenvalue weighted by Gasteiger charge is 2.39. The van der Waals surface area contributed by atoms with Crippen molar-refractivity contribution in [2.24, 2.45) is 0 Å². The summed E-state index contributed by atoms with van der Waals surface area (Å²) in [7, 11) is 0. The number of piperidine rings is 2. The number of rotatable bonds is 3. The summed E-state index contributed by atoms with van der Waals surface area (Å²) in [6.07, 6.45) is 8.89. The van der Waals surface area contributed by atoms with Gasteiger partial charge in [-0.25, -0.2) is 0 Å². The third-order valence-electron chi connectivity index (χ3n) is 4.98. The Hall–Kier alpha value is -0.120. The van der Waals surface area contributed by atoms with Crippen molar-refractivity contribution in [1.29, 1.82) is 0 Å². The quantitative estimate of drug-likeness (QED) is 0.806. The van der Waals surface area contributed by atoms with Crippen molar-refractivity contribution in [3.05, 3.63) is 0 Å². The van der Waals surface area contributed by atoms with E-state index in [-0.39, 0.29) is 6.10 Å². The number of nitrogens with zero attached hydrogens (tertiary/aromatic N) is 2. The maximum Gasteiger partial charge on any atom is 0.0570 e. The summed E-state index contributed by atoms with van der Waals surface area (Å²) < 4.78 is 0. The van der Waals surface area contributed by atoms with Crippen LogP contribution in [-0.2, 0) is 0 Å². The first kappa shape index (κ1) is 11.9. The molecule has 98 valence electrons. The minimum atomic E-state index is -0.0151. The fraction of sp³-hybridized carbons (Fsp3) is 1.00. The first-order valence-electron chi connectivity index (χ1n) is 7.49. The Morgan fingerprint density at radius 2 is 1.53 bits per heavy atom. The van der Waals surface area contributed by atoms with Gasteiger partial charge in [0, 0.05) is 25.2 Å². The van der Waals surface area contributed by atoms with Crippen LogP contribution in [0.2, 0.25) is 0 Å².